The SMILES string of the molecule is CCO.S.S. The van der Waals surface area contributed by atoms with Gasteiger partial charge in [0, 0.05) is 6.61 Å². The lowest BCUT2D eigenvalue weighted by Gasteiger charge is -1.52. The number of aliphatic hydroxyl groups excluding tert-OH is 1. The molecule has 0 heterocycles. The summed E-state index contributed by atoms with van der Waals surface area (Å²) >= 11 is 0. The molecular weight excluding hydrogens is 104 g/mol. The molecule has 0 aromatic rings. The highest BCUT2D eigenvalue weighted by molar-refractivity contribution is 7.59. The Labute approximate surface area is 46.3 Å². The monoisotopic (exact) mass is 114 g/mol. The average Bonchev–Trinajstić information content (AvgIpc) is 0.918. The molecule has 0 spiro atoms. The number of rotatable bonds is 0. The van der Waals surface area contributed by atoms with Crippen LogP contribution in [0.4, 0.5) is 0 Å². The maximum atomic E-state index is 7.57. The quantitative estimate of drug-likeness (QED) is 0.478. The first-order chi connectivity index (χ1) is 1.41. The summed E-state index contributed by atoms with van der Waals surface area (Å²) in [5.41, 5.74) is 0. The van der Waals surface area contributed by atoms with Crippen molar-refractivity contribution in [1.29, 1.82) is 0 Å². The van der Waals surface area contributed by atoms with Crippen molar-refractivity contribution in [3.05, 3.63) is 0 Å². The van der Waals surface area contributed by atoms with Crippen LogP contribution in [0.2, 0.25) is 0 Å². The molecule has 1 nitrogen and oxygen atoms in total. The fourth-order valence-corrected chi connectivity index (χ4v) is 0. The third-order valence-electron chi connectivity index (χ3n) is 0. The van der Waals surface area contributed by atoms with E-state index in [0.29, 0.717) is 0 Å². The van der Waals surface area contributed by atoms with E-state index >= 15 is 0 Å². The van der Waals surface area contributed by atoms with Gasteiger partial charge < -0.3 is 5.11 Å². The van der Waals surface area contributed by atoms with Crippen molar-refractivity contribution >= 4 is 27.0 Å². The van der Waals surface area contributed by atoms with Crippen molar-refractivity contribution in [1.82, 2.24) is 0 Å². The molecule has 0 saturated heterocycles. The standard InChI is InChI=1S/C2H6O.2H2S/c1-2-3;;/h3H,2H2,1H3;2*1H2. The molecule has 0 bridgehead atoms. The Morgan fingerprint density at radius 2 is 1.40 bits per heavy atom. The predicted molar refractivity (Wildman–Crippen MR) is 33.5 cm³/mol. The molecule has 0 aliphatic carbocycles. The molecule has 0 saturated carbocycles. The third kappa shape index (κ3) is 75.7. The molecule has 0 unspecified atom stereocenters. The van der Waals surface area contributed by atoms with Crippen molar-refractivity contribution in [2.24, 2.45) is 0 Å². The first-order valence-electron chi connectivity index (χ1n) is 1.02. The average molecular weight is 114 g/mol. The highest BCUT2D eigenvalue weighted by Crippen LogP contribution is 1.30. The van der Waals surface area contributed by atoms with Crippen LogP contribution in [-0.2, 0) is 0 Å². The van der Waals surface area contributed by atoms with Crippen LogP contribution >= 0.6 is 27.0 Å². The molecule has 0 aliphatic heterocycles. The molecule has 0 fully saturated rings. The fourth-order valence-electron chi connectivity index (χ4n) is 0. The van der Waals surface area contributed by atoms with E-state index in [9.17, 15) is 0 Å². The predicted octanol–water partition coefficient (Wildman–Crippen LogP) is 0.224. The van der Waals surface area contributed by atoms with Gasteiger partial charge in [0.1, 0.15) is 0 Å². The van der Waals surface area contributed by atoms with E-state index in [-0.39, 0.29) is 33.6 Å². The Kier molecular flexibility index (Phi) is 78.7. The maximum absolute atomic E-state index is 7.57. The first-order valence-corrected chi connectivity index (χ1v) is 1.02. The van der Waals surface area contributed by atoms with Crippen LogP contribution in [0.5, 0.6) is 0 Å². The Balaban J connectivity index is -0.0000000200. The van der Waals surface area contributed by atoms with Crippen molar-refractivity contribution in [2.45, 2.75) is 6.92 Å². The van der Waals surface area contributed by atoms with Crippen LogP contribution < -0.4 is 0 Å². The second-order valence-electron chi connectivity index (χ2n) is 0.316. The summed E-state index contributed by atoms with van der Waals surface area (Å²) in [6, 6.07) is 0. The van der Waals surface area contributed by atoms with Gasteiger partial charge in [0.05, 0.1) is 0 Å². The van der Waals surface area contributed by atoms with E-state index in [1.807, 2.05) is 0 Å². The van der Waals surface area contributed by atoms with E-state index in [1.54, 1.807) is 6.92 Å². The molecule has 36 valence electrons. The molecule has 0 aliphatic rings. The van der Waals surface area contributed by atoms with Gasteiger partial charge in [-0.2, -0.15) is 27.0 Å². The normalized spacial score (nSPS) is 3.60. The third-order valence-corrected chi connectivity index (χ3v) is 0. The van der Waals surface area contributed by atoms with Crippen LogP contribution in [0, 0.1) is 0 Å². The fraction of sp³-hybridized carbons (Fsp3) is 1.00. The topological polar surface area (TPSA) is 20.2 Å². The summed E-state index contributed by atoms with van der Waals surface area (Å²) in [4.78, 5) is 0. The van der Waals surface area contributed by atoms with Gasteiger partial charge in [0.2, 0.25) is 0 Å². The largest absolute Gasteiger partial charge is 0.397 e. The minimum absolute atomic E-state index is 0. The van der Waals surface area contributed by atoms with E-state index in [4.69, 9.17) is 5.11 Å². The lowest BCUT2D eigenvalue weighted by atomic mass is 10.9. The molecular formula is C2H10OS2. The zero-order valence-corrected chi connectivity index (χ0v) is 5.15. The minimum Gasteiger partial charge on any atom is -0.397 e. The van der Waals surface area contributed by atoms with Crippen molar-refractivity contribution in [2.75, 3.05) is 6.61 Å². The van der Waals surface area contributed by atoms with E-state index in [0.717, 1.165) is 0 Å². The molecule has 3 heteroatoms. The van der Waals surface area contributed by atoms with E-state index in [2.05, 4.69) is 0 Å². The second-order valence-corrected chi connectivity index (χ2v) is 0.316. The molecule has 0 amide bonds. The molecule has 0 aromatic carbocycles. The van der Waals surface area contributed by atoms with E-state index < -0.39 is 0 Å². The van der Waals surface area contributed by atoms with Crippen molar-refractivity contribution in [3.8, 4) is 0 Å². The van der Waals surface area contributed by atoms with Gasteiger partial charge in [-0.3, -0.25) is 0 Å². The zero-order chi connectivity index (χ0) is 2.71. The molecule has 0 aromatic heterocycles. The van der Waals surface area contributed by atoms with Gasteiger partial charge in [-0.1, -0.05) is 0 Å². The number of hydrogen-bond donors (Lipinski definition) is 1. The summed E-state index contributed by atoms with van der Waals surface area (Å²) in [5, 5.41) is 7.57. The Hall–Kier alpha value is 0.660. The molecule has 0 rings (SSSR count). The van der Waals surface area contributed by atoms with Gasteiger partial charge >= 0.3 is 0 Å². The summed E-state index contributed by atoms with van der Waals surface area (Å²) < 4.78 is 0. The Morgan fingerprint density at radius 3 is 1.40 bits per heavy atom. The highest BCUT2D eigenvalue weighted by atomic mass is 32.1. The number of hydrogen-bond acceptors (Lipinski definition) is 1. The first kappa shape index (κ1) is 17.4. The minimum atomic E-state index is 0. The smallest absolute Gasteiger partial charge is 0.0402 e. The van der Waals surface area contributed by atoms with Crippen LogP contribution in [0.25, 0.3) is 0 Å². The van der Waals surface area contributed by atoms with Gasteiger partial charge in [-0.25, -0.2) is 0 Å². The van der Waals surface area contributed by atoms with Crippen molar-refractivity contribution in [3.63, 3.8) is 0 Å². The molecule has 5 heavy (non-hydrogen) atoms. The second kappa shape index (κ2) is 22.7. The Bertz CT molecular complexity index is 7.61. The molecule has 1 N–H and O–H groups in total. The van der Waals surface area contributed by atoms with Crippen LogP contribution in [0.15, 0.2) is 0 Å². The molecule has 0 radical (unpaired) electrons. The molecule has 0 atom stereocenters. The van der Waals surface area contributed by atoms with Crippen LogP contribution in [0.3, 0.4) is 0 Å². The van der Waals surface area contributed by atoms with Gasteiger partial charge in [0.15, 0.2) is 0 Å². The van der Waals surface area contributed by atoms with Crippen molar-refractivity contribution < 1.29 is 5.11 Å². The highest BCUT2D eigenvalue weighted by Gasteiger charge is 1.34. The number of aliphatic hydroxyl groups is 1. The lowest BCUT2D eigenvalue weighted by Crippen LogP contribution is -1.57. The van der Waals surface area contributed by atoms with Gasteiger partial charge in [0.25, 0.3) is 0 Å². The maximum Gasteiger partial charge on any atom is 0.0402 e. The summed E-state index contributed by atoms with van der Waals surface area (Å²) in [6.45, 7) is 1.93. The van der Waals surface area contributed by atoms with Gasteiger partial charge in [-0.15, -0.1) is 0 Å². The summed E-state index contributed by atoms with van der Waals surface area (Å²) in [7, 11) is 0. The lowest BCUT2D eigenvalue weighted by molar-refractivity contribution is 0.318. The summed E-state index contributed by atoms with van der Waals surface area (Å²) in [6.07, 6.45) is 0. The van der Waals surface area contributed by atoms with Crippen LogP contribution in [-0.4, -0.2) is 11.7 Å². The van der Waals surface area contributed by atoms with Gasteiger partial charge in [-0.05, 0) is 6.92 Å². The zero-order valence-electron chi connectivity index (χ0n) is 3.15. The van der Waals surface area contributed by atoms with E-state index in [1.165, 1.54) is 0 Å². The summed E-state index contributed by atoms with van der Waals surface area (Å²) in [5.74, 6) is 0. The van der Waals surface area contributed by atoms with Crippen LogP contribution in [0.1, 0.15) is 6.92 Å². The Morgan fingerprint density at radius 1 is 1.40 bits per heavy atom.